The van der Waals surface area contributed by atoms with Gasteiger partial charge < -0.3 is 0 Å². The van der Waals surface area contributed by atoms with Gasteiger partial charge in [-0.2, -0.15) is 0 Å². The molecule has 1 heterocycles. The number of hydrogen-bond acceptors (Lipinski definition) is 4. The Bertz CT molecular complexity index is 644. The second-order valence-electron chi connectivity index (χ2n) is 4.07. The highest BCUT2D eigenvalue weighted by Crippen LogP contribution is 2.29. The lowest BCUT2D eigenvalue weighted by Gasteiger charge is -2.16. The summed E-state index contributed by atoms with van der Waals surface area (Å²) in [6.45, 7) is 0. The monoisotopic (exact) mass is 255 g/mol. The Hall–Kier alpha value is -1.75. The molecule has 1 unspecified atom stereocenters. The van der Waals surface area contributed by atoms with E-state index in [1.165, 1.54) is 16.3 Å². The molecule has 3 N–H and O–H groups in total. The molecule has 0 saturated carbocycles. The van der Waals surface area contributed by atoms with Crippen LogP contribution in [0.15, 0.2) is 54.2 Å². The molecule has 0 radical (unpaired) electrons. The van der Waals surface area contributed by atoms with Gasteiger partial charge in [-0.25, -0.2) is 5.43 Å². The molecule has 90 valence electrons. The van der Waals surface area contributed by atoms with Crippen molar-refractivity contribution in [3.63, 3.8) is 0 Å². The topological polar surface area (TPSA) is 50.9 Å². The van der Waals surface area contributed by atoms with E-state index in [0.717, 1.165) is 4.88 Å². The summed E-state index contributed by atoms with van der Waals surface area (Å²) in [5.74, 6) is 5.72. The SMILES string of the molecule is NNC(c1cncs1)c1cccc2ccccc12. The van der Waals surface area contributed by atoms with Crippen LogP contribution in [0, 0.1) is 0 Å². The number of hydrazine groups is 1. The molecule has 1 atom stereocenters. The molecule has 4 heteroatoms. The fourth-order valence-electron chi connectivity index (χ4n) is 2.20. The Kier molecular flexibility index (Phi) is 3.06. The van der Waals surface area contributed by atoms with Crippen molar-refractivity contribution < 1.29 is 0 Å². The summed E-state index contributed by atoms with van der Waals surface area (Å²) in [5.41, 5.74) is 5.89. The molecule has 0 aliphatic heterocycles. The van der Waals surface area contributed by atoms with E-state index in [1.54, 1.807) is 11.3 Å². The Morgan fingerprint density at radius 1 is 1.11 bits per heavy atom. The van der Waals surface area contributed by atoms with E-state index in [2.05, 4.69) is 40.7 Å². The fourth-order valence-corrected chi connectivity index (χ4v) is 2.89. The van der Waals surface area contributed by atoms with Crippen molar-refractivity contribution in [2.75, 3.05) is 0 Å². The molecule has 2 aromatic carbocycles. The quantitative estimate of drug-likeness (QED) is 0.559. The third kappa shape index (κ3) is 1.90. The maximum absolute atomic E-state index is 5.72. The molecule has 3 nitrogen and oxygen atoms in total. The Morgan fingerprint density at radius 3 is 2.72 bits per heavy atom. The van der Waals surface area contributed by atoms with Crippen LogP contribution < -0.4 is 11.3 Å². The van der Waals surface area contributed by atoms with Crippen LogP contribution in [-0.2, 0) is 0 Å². The van der Waals surface area contributed by atoms with Crippen molar-refractivity contribution in [2.45, 2.75) is 6.04 Å². The summed E-state index contributed by atoms with van der Waals surface area (Å²) in [4.78, 5) is 5.24. The number of hydrogen-bond donors (Lipinski definition) is 2. The highest BCUT2D eigenvalue weighted by atomic mass is 32.1. The van der Waals surface area contributed by atoms with Crippen molar-refractivity contribution in [1.29, 1.82) is 0 Å². The highest BCUT2D eigenvalue weighted by molar-refractivity contribution is 7.09. The summed E-state index contributed by atoms with van der Waals surface area (Å²) in [7, 11) is 0. The molecule has 1 aromatic heterocycles. The second kappa shape index (κ2) is 4.86. The van der Waals surface area contributed by atoms with Gasteiger partial charge in [0.05, 0.1) is 11.6 Å². The van der Waals surface area contributed by atoms with Gasteiger partial charge in [-0.3, -0.25) is 10.8 Å². The zero-order valence-electron chi connectivity index (χ0n) is 9.71. The zero-order valence-corrected chi connectivity index (χ0v) is 10.5. The largest absolute Gasteiger partial charge is 0.271 e. The number of benzene rings is 2. The van der Waals surface area contributed by atoms with Gasteiger partial charge in [0.25, 0.3) is 0 Å². The van der Waals surface area contributed by atoms with Crippen molar-refractivity contribution >= 4 is 22.1 Å². The minimum atomic E-state index is -0.0106. The minimum absolute atomic E-state index is 0.0106. The minimum Gasteiger partial charge on any atom is -0.271 e. The lowest BCUT2D eigenvalue weighted by molar-refractivity contribution is 0.649. The number of aromatic nitrogens is 1. The average Bonchev–Trinajstić information content (AvgIpc) is 2.94. The van der Waals surface area contributed by atoms with Crippen LogP contribution in [0.5, 0.6) is 0 Å². The van der Waals surface area contributed by atoms with E-state index in [9.17, 15) is 0 Å². The zero-order chi connectivity index (χ0) is 12.4. The van der Waals surface area contributed by atoms with Crippen molar-refractivity contribution in [1.82, 2.24) is 10.4 Å². The molecule has 0 bridgehead atoms. The lowest BCUT2D eigenvalue weighted by Crippen LogP contribution is -2.28. The average molecular weight is 255 g/mol. The Labute approximate surface area is 109 Å². The summed E-state index contributed by atoms with van der Waals surface area (Å²) in [5, 5.41) is 2.44. The molecular weight excluding hydrogens is 242 g/mol. The summed E-state index contributed by atoms with van der Waals surface area (Å²) >= 11 is 1.61. The van der Waals surface area contributed by atoms with Gasteiger partial charge in [0.1, 0.15) is 0 Å². The van der Waals surface area contributed by atoms with E-state index < -0.39 is 0 Å². The first-order valence-corrected chi connectivity index (χ1v) is 6.60. The number of nitrogens with zero attached hydrogens (tertiary/aromatic N) is 1. The van der Waals surface area contributed by atoms with Crippen LogP contribution in [0.25, 0.3) is 10.8 Å². The first kappa shape index (κ1) is 11.3. The van der Waals surface area contributed by atoms with Gasteiger partial charge in [-0.15, -0.1) is 11.3 Å². The molecule has 0 amide bonds. The maximum Gasteiger partial charge on any atom is 0.0824 e. The van der Waals surface area contributed by atoms with Gasteiger partial charge in [0.15, 0.2) is 0 Å². The van der Waals surface area contributed by atoms with Gasteiger partial charge in [0.2, 0.25) is 0 Å². The first-order valence-electron chi connectivity index (χ1n) is 5.72. The van der Waals surface area contributed by atoms with Crippen LogP contribution >= 0.6 is 11.3 Å². The smallest absolute Gasteiger partial charge is 0.0824 e. The molecule has 0 saturated heterocycles. The molecule has 0 spiro atoms. The number of rotatable bonds is 3. The predicted molar refractivity (Wildman–Crippen MR) is 75.2 cm³/mol. The van der Waals surface area contributed by atoms with Crippen LogP contribution in [0.1, 0.15) is 16.5 Å². The number of thiazole rings is 1. The van der Waals surface area contributed by atoms with Crippen molar-refractivity contribution in [3.8, 4) is 0 Å². The molecule has 0 aliphatic carbocycles. The molecular formula is C14H13N3S. The Balaban J connectivity index is 2.18. The van der Waals surface area contributed by atoms with Crippen molar-refractivity contribution in [2.24, 2.45) is 5.84 Å². The second-order valence-corrected chi connectivity index (χ2v) is 4.99. The van der Waals surface area contributed by atoms with E-state index >= 15 is 0 Å². The highest BCUT2D eigenvalue weighted by Gasteiger charge is 2.16. The third-order valence-corrected chi connectivity index (χ3v) is 3.88. The van der Waals surface area contributed by atoms with Crippen molar-refractivity contribution in [3.05, 3.63) is 64.6 Å². The molecule has 3 rings (SSSR count). The number of nitrogens with two attached hydrogens (primary N) is 1. The van der Waals surface area contributed by atoms with Crippen LogP contribution in [-0.4, -0.2) is 4.98 Å². The fraction of sp³-hybridized carbons (Fsp3) is 0.0714. The van der Waals surface area contributed by atoms with Crippen LogP contribution in [0.2, 0.25) is 0 Å². The summed E-state index contributed by atoms with van der Waals surface area (Å²) in [6, 6.07) is 14.6. The van der Waals surface area contributed by atoms with E-state index in [0.29, 0.717) is 0 Å². The third-order valence-electron chi connectivity index (χ3n) is 3.04. The van der Waals surface area contributed by atoms with Crippen LogP contribution in [0.4, 0.5) is 0 Å². The Morgan fingerprint density at radius 2 is 1.94 bits per heavy atom. The first-order chi connectivity index (χ1) is 8.90. The van der Waals surface area contributed by atoms with E-state index in [4.69, 9.17) is 5.84 Å². The van der Waals surface area contributed by atoms with E-state index in [1.807, 2.05) is 23.8 Å². The molecule has 3 aromatic rings. The van der Waals surface area contributed by atoms with Gasteiger partial charge in [-0.05, 0) is 16.3 Å². The lowest BCUT2D eigenvalue weighted by atomic mass is 9.98. The van der Waals surface area contributed by atoms with Gasteiger partial charge >= 0.3 is 0 Å². The molecule has 0 aliphatic rings. The van der Waals surface area contributed by atoms with E-state index in [-0.39, 0.29) is 6.04 Å². The number of fused-ring (bicyclic) bond motifs is 1. The summed E-state index contributed by atoms with van der Waals surface area (Å²) < 4.78 is 0. The maximum atomic E-state index is 5.72. The van der Waals surface area contributed by atoms with Crippen LogP contribution in [0.3, 0.4) is 0 Å². The van der Waals surface area contributed by atoms with Gasteiger partial charge in [0, 0.05) is 11.1 Å². The van der Waals surface area contributed by atoms with Gasteiger partial charge in [-0.1, -0.05) is 42.5 Å². The number of nitrogens with one attached hydrogen (secondary N) is 1. The predicted octanol–water partition coefficient (Wildman–Crippen LogP) is 2.85. The normalized spacial score (nSPS) is 12.7. The molecule has 18 heavy (non-hydrogen) atoms. The molecule has 0 fully saturated rings. The standard InChI is InChI=1S/C14H13N3S/c15-17-14(13-8-16-9-18-13)12-7-3-5-10-4-1-2-6-11(10)12/h1-9,14,17H,15H2. The summed E-state index contributed by atoms with van der Waals surface area (Å²) in [6.07, 6.45) is 1.86.